The molecule has 1 unspecified atom stereocenters. The molecule has 0 bridgehead atoms. The molecular formula is C14H15BF2N2O3. The minimum absolute atomic E-state index is 0.00587. The first-order chi connectivity index (χ1) is 10.4. The molecule has 0 spiro atoms. The van der Waals surface area contributed by atoms with E-state index in [0.29, 0.717) is 0 Å². The van der Waals surface area contributed by atoms with E-state index in [4.69, 9.17) is 14.7 Å². The predicted molar refractivity (Wildman–Crippen MR) is 75.2 cm³/mol. The Bertz CT molecular complexity index is 619. The summed E-state index contributed by atoms with van der Waals surface area (Å²) in [5.74, 6) is -4.27. The van der Waals surface area contributed by atoms with Gasteiger partial charge >= 0.3 is 6.92 Å². The average molecular weight is 308 g/mol. The van der Waals surface area contributed by atoms with Crippen LogP contribution in [0.3, 0.4) is 0 Å². The van der Waals surface area contributed by atoms with Crippen molar-refractivity contribution in [2.75, 3.05) is 7.11 Å². The average Bonchev–Trinajstić information content (AvgIpc) is 2.48. The Morgan fingerprint density at radius 1 is 1.59 bits per heavy atom. The lowest BCUT2D eigenvalue weighted by Gasteiger charge is -2.33. The number of methoxy groups -OCH3 is 1. The highest BCUT2D eigenvalue weighted by atomic mass is 19.3. The number of rotatable bonds is 4. The van der Waals surface area contributed by atoms with Gasteiger partial charge in [-0.05, 0) is 31.2 Å². The third kappa shape index (κ3) is 3.19. The molecule has 1 aromatic heterocycles. The minimum Gasteiger partial charge on any atom is -0.498 e. The number of hydrogen-bond donors (Lipinski definition) is 0. The molecule has 1 aromatic rings. The van der Waals surface area contributed by atoms with E-state index in [-0.39, 0.29) is 41.9 Å². The molecule has 2 rings (SSSR count). The molecule has 1 atom stereocenters. The van der Waals surface area contributed by atoms with Gasteiger partial charge in [-0.1, -0.05) is 0 Å². The van der Waals surface area contributed by atoms with Crippen molar-refractivity contribution in [3.8, 4) is 12.1 Å². The molecule has 2 heterocycles. The van der Waals surface area contributed by atoms with E-state index in [2.05, 4.69) is 4.98 Å². The Kier molecular flexibility index (Phi) is 4.64. The van der Waals surface area contributed by atoms with Gasteiger partial charge in [0.2, 0.25) is 5.88 Å². The van der Waals surface area contributed by atoms with Gasteiger partial charge in [-0.2, -0.15) is 5.26 Å². The second-order valence-electron chi connectivity index (χ2n) is 5.30. The lowest BCUT2D eigenvalue weighted by molar-refractivity contribution is -0.0327. The van der Waals surface area contributed by atoms with Gasteiger partial charge < -0.3 is 9.39 Å². The van der Waals surface area contributed by atoms with Gasteiger partial charge in [0.05, 0.1) is 12.7 Å². The number of pyridine rings is 1. The van der Waals surface area contributed by atoms with E-state index in [0.717, 1.165) is 0 Å². The van der Waals surface area contributed by atoms with Crippen LogP contribution in [0.15, 0.2) is 12.3 Å². The molecule has 1 aliphatic heterocycles. The van der Waals surface area contributed by atoms with Crippen molar-refractivity contribution >= 4 is 12.7 Å². The highest BCUT2D eigenvalue weighted by Gasteiger charge is 2.48. The first kappa shape index (κ1) is 16.2. The van der Waals surface area contributed by atoms with Crippen molar-refractivity contribution in [2.24, 2.45) is 0 Å². The number of Topliss-reactive ketones (excluding diaryl/α,β-unsaturated/α-hetero) is 1. The van der Waals surface area contributed by atoms with Crippen molar-refractivity contribution < 1.29 is 23.0 Å². The van der Waals surface area contributed by atoms with Crippen LogP contribution in [-0.2, 0) is 4.65 Å². The summed E-state index contributed by atoms with van der Waals surface area (Å²) >= 11 is 0. The molecule has 1 fully saturated rings. The lowest BCUT2D eigenvalue weighted by Crippen LogP contribution is -2.37. The fraction of sp³-hybridized carbons (Fsp3) is 0.500. The fourth-order valence-electron chi connectivity index (χ4n) is 2.72. The third-order valence-corrected chi connectivity index (χ3v) is 3.87. The molecule has 0 N–H and O–H groups in total. The molecule has 0 aliphatic carbocycles. The zero-order chi connectivity index (χ0) is 16.3. The Balaban J connectivity index is 2.37. The van der Waals surface area contributed by atoms with Crippen LogP contribution in [0.1, 0.15) is 35.2 Å². The number of aromatic nitrogens is 1. The molecule has 0 radical (unpaired) electrons. The normalized spacial score (nSPS) is 20.1. The summed E-state index contributed by atoms with van der Waals surface area (Å²) in [6.07, 6.45) is 2.60. The number of nitrogens with zero attached hydrogens (tertiary/aromatic N) is 2. The number of ether oxygens (including phenoxy) is 1. The van der Waals surface area contributed by atoms with E-state index < -0.39 is 18.8 Å². The van der Waals surface area contributed by atoms with Gasteiger partial charge in [0.15, 0.2) is 5.78 Å². The topological polar surface area (TPSA) is 72.2 Å². The van der Waals surface area contributed by atoms with Crippen LogP contribution in [0.4, 0.5) is 8.78 Å². The molecule has 8 heteroatoms. The maximum Gasteiger partial charge on any atom is 0.374 e. The van der Waals surface area contributed by atoms with Crippen LogP contribution < -0.4 is 4.74 Å². The molecule has 116 valence electrons. The molecule has 0 saturated carbocycles. The largest absolute Gasteiger partial charge is 0.498 e. The zero-order valence-corrected chi connectivity index (χ0v) is 12.3. The van der Waals surface area contributed by atoms with Crippen LogP contribution in [0.5, 0.6) is 5.88 Å². The number of nitriles is 1. The summed E-state index contributed by atoms with van der Waals surface area (Å²) in [5.41, 5.74) is 0.418. The number of ketones is 1. The highest BCUT2D eigenvalue weighted by Crippen LogP contribution is 2.45. The van der Waals surface area contributed by atoms with Gasteiger partial charge in [-0.15, -0.1) is 0 Å². The van der Waals surface area contributed by atoms with E-state index in [1.165, 1.54) is 26.3 Å². The van der Waals surface area contributed by atoms with Crippen LogP contribution >= 0.6 is 0 Å². The summed E-state index contributed by atoms with van der Waals surface area (Å²) in [5, 5.41) is 8.56. The second-order valence-corrected chi connectivity index (χ2v) is 5.30. The van der Waals surface area contributed by atoms with Gasteiger partial charge in [0.1, 0.15) is 0 Å². The van der Waals surface area contributed by atoms with E-state index in [1.807, 2.05) is 0 Å². The molecular weight excluding hydrogens is 293 g/mol. The van der Waals surface area contributed by atoms with Gasteiger partial charge in [0, 0.05) is 18.5 Å². The Hall–Kier alpha value is -2.17. The van der Waals surface area contributed by atoms with Gasteiger partial charge in [0.25, 0.3) is 12.2 Å². The summed E-state index contributed by atoms with van der Waals surface area (Å²) in [6, 6.07) is 1.39. The molecule has 0 aromatic carbocycles. The molecule has 5 nitrogen and oxygen atoms in total. The van der Waals surface area contributed by atoms with E-state index >= 15 is 0 Å². The SMILES string of the molecule is COc1ncc(C2CB(OC#N)CCC2(F)F)cc1C(C)=O. The van der Waals surface area contributed by atoms with Crippen LogP contribution in [-0.4, -0.2) is 30.7 Å². The number of alkyl halides is 2. The molecule has 1 saturated heterocycles. The molecule has 22 heavy (non-hydrogen) atoms. The number of carbonyl (C=O) groups is 1. The Labute approximate surface area is 127 Å². The maximum absolute atomic E-state index is 14.2. The minimum atomic E-state index is -2.93. The van der Waals surface area contributed by atoms with Crippen molar-refractivity contribution in [1.29, 1.82) is 5.26 Å². The Morgan fingerprint density at radius 3 is 2.91 bits per heavy atom. The van der Waals surface area contributed by atoms with Crippen molar-refractivity contribution in [3.05, 3.63) is 23.4 Å². The quantitative estimate of drug-likeness (QED) is 0.486. The molecule has 0 amide bonds. The predicted octanol–water partition coefficient (Wildman–Crippen LogP) is 2.90. The van der Waals surface area contributed by atoms with Gasteiger partial charge in [-0.3, -0.25) is 4.79 Å². The molecule has 1 aliphatic rings. The summed E-state index contributed by atoms with van der Waals surface area (Å²) in [4.78, 5) is 15.6. The lowest BCUT2D eigenvalue weighted by atomic mass is 9.51. The van der Waals surface area contributed by atoms with Gasteiger partial charge in [-0.25, -0.2) is 13.8 Å². The fourth-order valence-corrected chi connectivity index (χ4v) is 2.72. The smallest absolute Gasteiger partial charge is 0.374 e. The van der Waals surface area contributed by atoms with Crippen molar-refractivity contribution in [1.82, 2.24) is 4.98 Å². The standard InChI is InChI=1S/C14H15BF2N2O3/c1-9(20)11-5-10(7-19-13(11)21-2)12-6-15(22-8-18)4-3-14(12,16)17/h5,7,12H,3-4,6H2,1-2H3. The number of carbonyl (C=O) groups excluding carboxylic acids is 1. The monoisotopic (exact) mass is 308 g/mol. The van der Waals surface area contributed by atoms with Crippen molar-refractivity contribution in [3.63, 3.8) is 0 Å². The zero-order valence-electron chi connectivity index (χ0n) is 12.3. The first-order valence-electron chi connectivity index (χ1n) is 6.86. The van der Waals surface area contributed by atoms with Crippen LogP contribution in [0.25, 0.3) is 0 Å². The number of halogens is 2. The van der Waals surface area contributed by atoms with Crippen LogP contribution in [0, 0.1) is 11.5 Å². The maximum atomic E-state index is 14.2. The summed E-state index contributed by atoms with van der Waals surface area (Å²) in [7, 11) is 1.36. The Morgan fingerprint density at radius 2 is 2.32 bits per heavy atom. The van der Waals surface area contributed by atoms with Crippen LogP contribution in [0.2, 0.25) is 12.6 Å². The number of hydrogen-bond acceptors (Lipinski definition) is 5. The third-order valence-electron chi connectivity index (χ3n) is 3.87. The summed E-state index contributed by atoms with van der Waals surface area (Å²) < 4.78 is 38.2. The summed E-state index contributed by atoms with van der Waals surface area (Å²) in [6.45, 7) is 0.779. The highest BCUT2D eigenvalue weighted by molar-refractivity contribution is 6.52. The van der Waals surface area contributed by atoms with E-state index in [9.17, 15) is 13.6 Å². The van der Waals surface area contributed by atoms with Crippen molar-refractivity contribution in [2.45, 2.75) is 37.8 Å². The second kappa shape index (κ2) is 6.30. The van der Waals surface area contributed by atoms with E-state index in [1.54, 1.807) is 6.26 Å². The first-order valence-corrected chi connectivity index (χ1v) is 6.86.